The van der Waals surface area contributed by atoms with Crippen LogP contribution in [0.5, 0.6) is 0 Å². The number of carbonyl (C=O) groups is 1. The Morgan fingerprint density at radius 2 is 2.06 bits per heavy atom. The Labute approximate surface area is 117 Å². The zero-order chi connectivity index (χ0) is 13.4. The molecule has 3 nitrogen and oxygen atoms in total. The largest absolute Gasteiger partial charge is 0.345 e. The number of amides is 1. The van der Waals surface area contributed by atoms with E-state index in [-0.39, 0.29) is 16.8 Å². The summed E-state index contributed by atoms with van der Waals surface area (Å²) in [6.07, 6.45) is 0. The number of fused-ring (bicyclic) bond motifs is 1. The van der Waals surface area contributed by atoms with Gasteiger partial charge < -0.3 is 9.47 Å². The monoisotopic (exact) mass is 312 g/mol. The Morgan fingerprint density at radius 3 is 2.67 bits per heavy atom. The molecule has 0 N–H and O–H groups in total. The van der Waals surface area contributed by atoms with Gasteiger partial charge in [0.2, 0.25) is 5.91 Å². The maximum Gasteiger partial charge on any atom is 0.237 e. The van der Waals surface area contributed by atoms with Crippen LogP contribution < -0.4 is 0 Å². The van der Waals surface area contributed by atoms with Gasteiger partial charge in [-0.15, -0.1) is 0 Å². The van der Waals surface area contributed by atoms with Crippen LogP contribution >= 0.6 is 15.9 Å². The van der Waals surface area contributed by atoms with Crippen LogP contribution in [0.25, 0.3) is 0 Å². The van der Waals surface area contributed by atoms with Crippen LogP contribution in [0.1, 0.15) is 38.2 Å². The van der Waals surface area contributed by atoms with E-state index >= 15 is 0 Å². The zero-order valence-corrected chi connectivity index (χ0v) is 13.1. The molecule has 1 amide bonds. The van der Waals surface area contributed by atoms with Crippen LogP contribution in [-0.2, 0) is 11.3 Å². The van der Waals surface area contributed by atoms with Gasteiger partial charge in [0.15, 0.2) is 0 Å². The fraction of sp³-hybridized carbons (Fsp3) is 0.643. The number of carbonyl (C=O) groups excluding carboxylic acids is 1. The molecule has 100 valence electrons. The van der Waals surface area contributed by atoms with Gasteiger partial charge in [-0.05, 0) is 31.9 Å². The molecule has 1 aliphatic heterocycles. The van der Waals surface area contributed by atoms with Crippen LogP contribution in [0, 0.1) is 12.8 Å². The Bertz CT molecular complexity index is 453. The van der Waals surface area contributed by atoms with Gasteiger partial charge in [0.05, 0.1) is 10.9 Å². The number of hydrogen-bond donors (Lipinski definition) is 0. The first-order valence-corrected chi connectivity index (χ1v) is 7.45. The summed E-state index contributed by atoms with van der Waals surface area (Å²) >= 11 is 3.52. The molecule has 0 radical (unpaired) electrons. The van der Waals surface area contributed by atoms with Crippen molar-refractivity contribution in [2.75, 3.05) is 6.54 Å². The molecule has 0 aliphatic carbocycles. The Kier molecular flexibility index (Phi) is 3.85. The lowest BCUT2D eigenvalue weighted by Gasteiger charge is -2.37. The SMILES string of the molecule is Cc1ccc2n1CCN(C(=O)C(Br)C(C)C)C2C. The lowest BCUT2D eigenvalue weighted by atomic mass is 10.1. The van der Waals surface area contributed by atoms with Crippen molar-refractivity contribution in [1.29, 1.82) is 0 Å². The van der Waals surface area contributed by atoms with E-state index in [9.17, 15) is 4.79 Å². The van der Waals surface area contributed by atoms with E-state index < -0.39 is 0 Å². The van der Waals surface area contributed by atoms with Crippen LogP contribution in [0.15, 0.2) is 12.1 Å². The van der Waals surface area contributed by atoms with Gasteiger partial charge in [-0.2, -0.15) is 0 Å². The van der Waals surface area contributed by atoms with Crippen molar-refractivity contribution in [3.8, 4) is 0 Å². The van der Waals surface area contributed by atoms with E-state index in [4.69, 9.17) is 0 Å². The molecule has 2 unspecified atom stereocenters. The van der Waals surface area contributed by atoms with Crippen molar-refractivity contribution >= 4 is 21.8 Å². The van der Waals surface area contributed by atoms with Crippen molar-refractivity contribution in [2.45, 2.75) is 45.1 Å². The van der Waals surface area contributed by atoms with Gasteiger partial charge in [-0.1, -0.05) is 29.8 Å². The smallest absolute Gasteiger partial charge is 0.237 e. The van der Waals surface area contributed by atoms with Crippen LogP contribution in [0.3, 0.4) is 0 Å². The lowest BCUT2D eigenvalue weighted by molar-refractivity contribution is -0.134. The van der Waals surface area contributed by atoms with Crippen molar-refractivity contribution in [3.63, 3.8) is 0 Å². The molecular formula is C14H21BrN2O. The minimum atomic E-state index is -0.0810. The average molecular weight is 313 g/mol. The average Bonchev–Trinajstić information content (AvgIpc) is 2.71. The molecule has 1 aromatic heterocycles. The van der Waals surface area contributed by atoms with E-state index in [1.807, 2.05) is 4.90 Å². The van der Waals surface area contributed by atoms with Crippen molar-refractivity contribution in [3.05, 3.63) is 23.5 Å². The molecule has 2 rings (SSSR count). The maximum absolute atomic E-state index is 12.4. The van der Waals surface area contributed by atoms with Gasteiger partial charge in [-0.25, -0.2) is 0 Å². The van der Waals surface area contributed by atoms with Crippen molar-refractivity contribution < 1.29 is 4.79 Å². The number of nitrogens with zero attached hydrogens (tertiary/aromatic N) is 2. The molecule has 0 saturated carbocycles. The molecule has 0 saturated heterocycles. The van der Waals surface area contributed by atoms with Crippen LogP contribution in [0.2, 0.25) is 0 Å². The van der Waals surface area contributed by atoms with E-state index in [0.29, 0.717) is 5.92 Å². The summed E-state index contributed by atoms with van der Waals surface area (Å²) in [4.78, 5) is 14.3. The quantitative estimate of drug-likeness (QED) is 0.770. The molecule has 1 aliphatic rings. The highest BCUT2D eigenvalue weighted by atomic mass is 79.9. The molecule has 0 spiro atoms. The van der Waals surface area contributed by atoms with E-state index in [0.717, 1.165) is 13.1 Å². The third-order valence-corrected chi connectivity index (χ3v) is 5.25. The van der Waals surface area contributed by atoms with Gasteiger partial charge in [0.25, 0.3) is 0 Å². The summed E-state index contributed by atoms with van der Waals surface area (Å²) in [5.41, 5.74) is 2.53. The molecule has 1 aromatic rings. The molecular weight excluding hydrogens is 292 g/mol. The molecule has 0 aromatic carbocycles. The first kappa shape index (κ1) is 13.7. The fourth-order valence-electron chi connectivity index (χ4n) is 2.57. The topological polar surface area (TPSA) is 25.2 Å². The summed E-state index contributed by atoms with van der Waals surface area (Å²) in [5, 5.41) is 0. The fourth-order valence-corrected chi connectivity index (χ4v) is 2.83. The lowest BCUT2D eigenvalue weighted by Crippen LogP contribution is -2.45. The van der Waals surface area contributed by atoms with Gasteiger partial charge in [0.1, 0.15) is 0 Å². The maximum atomic E-state index is 12.4. The second-order valence-corrected chi connectivity index (χ2v) is 6.39. The summed E-state index contributed by atoms with van der Waals surface area (Å²) in [6, 6.07) is 4.44. The molecule has 4 heteroatoms. The van der Waals surface area contributed by atoms with Crippen LogP contribution in [-0.4, -0.2) is 26.7 Å². The Hall–Kier alpha value is -0.770. The second kappa shape index (κ2) is 5.08. The molecule has 18 heavy (non-hydrogen) atoms. The standard InChI is InChI=1S/C14H21BrN2O/c1-9(2)13(15)14(18)17-8-7-16-10(3)5-6-12(16)11(17)4/h5-6,9,11,13H,7-8H2,1-4H3. The predicted molar refractivity (Wildman–Crippen MR) is 76.9 cm³/mol. The van der Waals surface area contributed by atoms with Crippen LogP contribution in [0.4, 0.5) is 0 Å². The molecule has 2 atom stereocenters. The minimum Gasteiger partial charge on any atom is -0.345 e. The Morgan fingerprint density at radius 1 is 1.39 bits per heavy atom. The number of alkyl halides is 1. The van der Waals surface area contributed by atoms with Gasteiger partial charge in [-0.3, -0.25) is 4.79 Å². The highest BCUT2D eigenvalue weighted by Gasteiger charge is 2.32. The first-order chi connectivity index (χ1) is 8.43. The van der Waals surface area contributed by atoms with Gasteiger partial charge >= 0.3 is 0 Å². The third kappa shape index (κ3) is 2.22. The third-order valence-electron chi connectivity index (χ3n) is 3.80. The summed E-state index contributed by atoms with van der Waals surface area (Å²) in [5.74, 6) is 0.530. The first-order valence-electron chi connectivity index (χ1n) is 6.54. The highest BCUT2D eigenvalue weighted by Crippen LogP contribution is 2.29. The van der Waals surface area contributed by atoms with E-state index in [1.165, 1.54) is 11.4 Å². The van der Waals surface area contributed by atoms with E-state index in [2.05, 4.69) is 60.3 Å². The van der Waals surface area contributed by atoms with Crippen molar-refractivity contribution in [2.24, 2.45) is 5.92 Å². The predicted octanol–water partition coefficient (Wildman–Crippen LogP) is 3.12. The number of hydrogen-bond acceptors (Lipinski definition) is 1. The molecule has 2 heterocycles. The minimum absolute atomic E-state index is 0.0810. The molecule has 0 bridgehead atoms. The normalized spacial score (nSPS) is 21.0. The number of aromatic nitrogens is 1. The molecule has 0 fully saturated rings. The number of rotatable bonds is 2. The highest BCUT2D eigenvalue weighted by molar-refractivity contribution is 9.10. The summed E-state index contributed by atoms with van der Waals surface area (Å²) in [7, 11) is 0. The Balaban J connectivity index is 2.21. The van der Waals surface area contributed by atoms with E-state index in [1.54, 1.807) is 0 Å². The second-order valence-electron chi connectivity index (χ2n) is 5.40. The number of aryl methyl sites for hydroxylation is 1. The number of halogens is 1. The summed E-state index contributed by atoms with van der Waals surface area (Å²) < 4.78 is 2.31. The zero-order valence-electron chi connectivity index (χ0n) is 11.5. The van der Waals surface area contributed by atoms with Crippen molar-refractivity contribution in [1.82, 2.24) is 9.47 Å². The summed E-state index contributed by atoms with van der Waals surface area (Å²) in [6.45, 7) is 10.1. The van der Waals surface area contributed by atoms with Gasteiger partial charge in [0, 0.05) is 24.5 Å².